The van der Waals surface area contributed by atoms with Crippen molar-refractivity contribution in [2.24, 2.45) is 0 Å². The Morgan fingerprint density at radius 3 is 2.74 bits per heavy atom. The van der Waals surface area contributed by atoms with Crippen molar-refractivity contribution in [3.8, 4) is 11.1 Å². The maximum Gasteiger partial charge on any atom is 0.252 e. The number of rotatable bonds is 4. The zero-order valence-corrected chi connectivity index (χ0v) is 15.8. The van der Waals surface area contributed by atoms with E-state index < -0.39 is 0 Å². The zero-order chi connectivity index (χ0) is 18.8. The quantitative estimate of drug-likeness (QED) is 0.749. The van der Waals surface area contributed by atoms with Gasteiger partial charge in [-0.25, -0.2) is 0 Å². The molecule has 0 aliphatic carbocycles. The largest absolute Gasteiger partial charge is 0.376 e. The first-order chi connectivity index (χ1) is 13.1. The molecule has 4 rings (SSSR count). The molecule has 1 aliphatic rings. The number of hydrogen-bond acceptors (Lipinski definition) is 3. The van der Waals surface area contributed by atoms with Crippen molar-refractivity contribution in [2.45, 2.75) is 32.8 Å². The number of amides is 1. The second-order valence-corrected chi connectivity index (χ2v) is 7.22. The maximum absolute atomic E-state index is 12.9. The highest BCUT2D eigenvalue weighted by Gasteiger charge is 2.19. The summed E-state index contributed by atoms with van der Waals surface area (Å²) in [6.45, 7) is 5.35. The average molecular weight is 360 g/mol. The Kier molecular flexibility index (Phi) is 4.90. The molecule has 4 heteroatoms. The third-order valence-corrected chi connectivity index (χ3v) is 5.09. The van der Waals surface area contributed by atoms with Crippen LogP contribution < -0.4 is 5.32 Å². The Morgan fingerprint density at radius 2 is 2.00 bits per heavy atom. The number of ether oxygens (including phenoxy) is 1. The van der Waals surface area contributed by atoms with Crippen LogP contribution in [0.1, 0.15) is 34.5 Å². The van der Waals surface area contributed by atoms with Crippen LogP contribution in [0.4, 0.5) is 0 Å². The molecule has 2 heterocycles. The molecule has 3 aromatic rings. The molecule has 2 aromatic carbocycles. The van der Waals surface area contributed by atoms with Crippen LogP contribution in [0, 0.1) is 13.8 Å². The van der Waals surface area contributed by atoms with E-state index in [1.165, 1.54) is 5.56 Å². The van der Waals surface area contributed by atoms with E-state index in [1.807, 2.05) is 25.1 Å². The van der Waals surface area contributed by atoms with Gasteiger partial charge in [0.2, 0.25) is 0 Å². The number of carbonyl (C=O) groups is 1. The van der Waals surface area contributed by atoms with Crippen molar-refractivity contribution in [2.75, 3.05) is 13.2 Å². The molecule has 1 aromatic heterocycles. The molecule has 27 heavy (non-hydrogen) atoms. The first-order valence-corrected chi connectivity index (χ1v) is 9.49. The number of carbonyl (C=O) groups excluding carboxylic acids is 1. The van der Waals surface area contributed by atoms with E-state index in [2.05, 4.69) is 42.6 Å². The van der Waals surface area contributed by atoms with Crippen molar-refractivity contribution in [3.63, 3.8) is 0 Å². The van der Waals surface area contributed by atoms with E-state index in [1.54, 1.807) is 0 Å². The summed E-state index contributed by atoms with van der Waals surface area (Å²) >= 11 is 0. The Balaban J connectivity index is 1.72. The van der Waals surface area contributed by atoms with Crippen LogP contribution in [0.5, 0.6) is 0 Å². The van der Waals surface area contributed by atoms with Gasteiger partial charge in [0, 0.05) is 29.8 Å². The van der Waals surface area contributed by atoms with Crippen LogP contribution >= 0.6 is 0 Å². The van der Waals surface area contributed by atoms with Gasteiger partial charge in [-0.1, -0.05) is 48.0 Å². The minimum Gasteiger partial charge on any atom is -0.376 e. The van der Waals surface area contributed by atoms with E-state index in [0.717, 1.165) is 47.2 Å². The van der Waals surface area contributed by atoms with E-state index in [4.69, 9.17) is 9.72 Å². The van der Waals surface area contributed by atoms with Crippen LogP contribution in [0.15, 0.2) is 48.5 Å². The fourth-order valence-electron chi connectivity index (χ4n) is 3.64. The second-order valence-electron chi connectivity index (χ2n) is 7.22. The average Bonchev–Trinajstić information content (AvgIpc) is 3.19. The Hall–Kier alpha value is -2.72. The summed E-state index contributed by atoms with van der Waals surface area (Å²) in [6.07, 6.45) is 2.21. The van der Waals surface area contributed by atoms with Crippen molar-refractivity contribution in [1.82, 2.24) is 10.3 Å². The molecular formula is C23H24N2O2. The van der Waals surface area contributed by atoms with Crippen LogP contribution in [0.2, 0.25) is 0 Å². The molecular weight excluding hydrogens is 336 g/mol. The lowest BCUT2D eigenvalue weighted by Crippen LogP contribution is -2.32. The highest BCUT2D eigenvalue weighted by molar-refractivity contribution is 6.09. The topological polar surface area (TPSA) is 51.2 Å². The monoisotopic (exact) mass is 360 g/mol. The molecule has 4 nitrogen and oxygen atoms in total. The van der Waals surface area contributed by atoms with Gasteiger partial charge in [0.1, 0.15) is 0 Å². The summed E-state index contributed by atoms with van der Waals surface area (Å²) in [6, 6.07) is 16.3. The van der Waals surface area contributed by atoms with Gasteiger partial charge in [0.25, 0.3) is 5.91 Å². The second kappa shape index (κ2) is 7.49. The molecule has 0 spiro atoms. The molecule has 0 saturated carbocycles. The summed E-state index contributed by atoms with van der Waals surface area (Å²) in [5.41, 5.74) is 5.74. The van der Waals surface area contributed by atoms with Gasteiger partial charge in [-0.15, -0.1) is 0 Å². The molecule has 1 N–H and O–H groups in total. The number of pyridine rings is 1. The Bertz CT molecular complexity index is 974. The van der Waals surface area contributed by atoms with Crippen molar-refractivity contribution < 1.29 is 9.53 Å². The van der Waals surface area contributed by atoms with Gasteiger partial charge in [0.15, 0.2) is 0 Å². The standard InChI is InChI=1S/C23H24N2O2/c1-15-8-10-17(11-9-15)19-6-3-7-20-21(13-16(2)25-22(19)20)23(26)24-14-18-5-4-12-27-18/h3,6-11,13,18H,4-5,12,14H2,1-2H3,(H,24,26)/t18-/m0/s1. The lowest BCUT2D eigenvalue weighted by molar-refractivity contribution is 0.0859. The highest BCUT2D eigenvalue weighted by atomic mass is 16.5. The molecule has 1 atom stereocenters. The number of nitrogens with one attached hydrogen (secondary N) is 1. The summed E-state index contributed by atoms with van der Waals surface area (Å²) in [5, 5.41) is 3.91. The number of fused-ring (bicyclic) bond motifs is 1. The maximum atomic E-state index is 12.9. The van der Waals surface area contributed by atoms with Crippen LogP contribution in [-0.4, -0.2) is 30.1 Å². The van der Waals surface area contributed by atoms with Gasteiger partial charge < -0.3 is 10.1 Å². The van der Waals surface area contributed by atoms with Crippen LogP contribution in [0.3, 0.4) is 0 Å². The molecule has 0 bridgehead atoms. The molecule has 138 valence electrons. The van der Waals surface area contributed by atoms with E-state index >= 15 is 0 Å². The predicted octanol–water partition coefficient (Wildman–Crippen LogP) is 4.43. The highest BCUT2D eigenvalue weighted by Crippen LogP contribution is 2.30. The molecule has 1 fully saturated rings. The van der Waals surface area contributed by atoms with Gasteiger partial charge in [0.05, 0.1) is 17.2 Å². The molecule has 1 saturated heterocycles. The molecule has 0 radical (unpaired) electrons. The lowest BCUT2D eigenvalue weighted by atomic mass is 9.98. The summed E-state index contributed by atoms with van der Waals surface area (Å²) in [4.78, 5) is 17.6. The van der Waals surface area contributed by atoms with Crippen molar-refractivity contribution >= 4 is 16.8 Å². The molecule has 1 aliphatic heterocycles. The smallest absolute Gasteiger partial charge is 0.252 e. The minimum atomic E-state index is -0.0675. The number of nitrogens with zero attached hydrogens (tertiary/aromatic N) is 1. The van der Waals surface area contributed by atoms with Gasteiger partial charge in [-0.2, -0.15) is 0 Å². The van der Waals surface area contributed by atoms with Crippen molar-refractivity contribution in [3.05, 3.63) is 65.4 Å². The predicted molar refractivity (Wildman–Crippen MR) is 108 cm³/mol. The summed E-state index contributed by atoms with van der Waals surface area (Å²) < 4.78 is 5.61. The van der Waals surface area contributed by atoms with Crippen LogP contribution in [-0.2, 0) is 4.74 Å². The fourth-order valence-corrected chi connectivity index (χ4v) is 3.64. The fraction of sp³-hybridized carbons (Fsp3) is 0.304. The first kappa shape index (κ1) is 17.7. The SMILES string of the molecule is Cc1ccc(-c2cccc3c(C(=O)NC[C@@H]4CCCO4)cc(C)nc23)cc1. The lowest BCUT2D eigenvalue weighted by Gasteiger charge is -2.14. The first-order valence-electron chi connectivity index (χ1n) is 9.49. The third-order valence-electron chi connectivity index (χ3n) is 5.09. The van der Waals surface area contributed by atoms with E-state index in [9.17, 15) is 4.79 Å². The normalized spacial score (nSPS) is 16.6. The molecule has 1 amide bonds. The number of aromatic nitrogens is 1. The third kappa shape index (κ3) is 3.71. The van der Waals surface area contributed by atoms with Gasteiger partial charge in [-0.05, 0) is 38.3 Å². The van der Waals surface area contributed by atoms with Crippen LogP contribution in [0.25, 0.3) is 22.0 Å². The number of benzene rings is 2. The van der Waals surface area contributed by atoms with Gasteiger partial charge >= 0.3 is 0 Å². The van der Waals surface area contributed by atoms with E-state index in [-0.39, 0.29) is 12.0 Å². The minimum absolute atomic E-state index is 0.0675. The number of hydrogen-bond donors (Lipinski definition) is 1. The van der Waals surface area contributed by atoms with Crippen molar-refractivity contribution in [1.29, 1.82) is 0 Å². The Labute approximate surface area is 159 Å². The molecule has 0 unspecified atom stereocenters. The summed E-state index contributed by atoms with van der Waals surface area (Å²) in [7, 11) is 0. The number of para-hydroxylation sites is 1. The summed E-state index contributed by atoms with van der Waals surface area (Å²) in [5.74, 6) is -0.0675. The Morgan fingerprint density at radius 1 is 1.19 bits per heavy atom. The van der Waals surface area contributed by atoms with E-state index in [0.29, 0.717) is 12.1 Å². The zero-order valence-electron chi connectivity index (χ0n) is 15.8. The number of aryl methyl sites for hydroxylation is 2. The van der Waals surface area contributed by atoms with Gasteiger partial charge in [-0.3, -0.25) is 9.78 Å².